The highest BCUT2D eigenvalue weighted by Gasteiger charge is 1.98. The molecule has 12 heavy (non-hydrogen) atoms. The average molecular weight is 161 g/mol. The molecule has 0 unspecified atom stereocenters. The largest absolute Gasteiger partial charge is 0.252 e. The van der Waals surface area contributed by atoms with Gasteiger partial charge in [-0.05, 0) is 13.0 Å². The fraction of sp³-hybridized carbons (Fsp3) is 0.143. The molecule has 60 valence electrons. The molecule has 0 aliphatic carbocycles. The Morgan fingerprint density at radius 3 is 3.00 bits per heavy atom. The zero-order chi connectivity index (χ0) is 8.39. The molecule has 0 atom stereocenters. The lowest BCUT2D eigenvalue weighted by molar-refractivity contribution is 0.799. The first-order valence-corrected chi connectivity index (χ1v) is 3.51. The fourth-order valence-corrected chi connectivity index (χ4v) is 0.858. The minimum atomic E-state index is 0.549. The van der Waals surface area contributed by atoms with E-state index in [0.717, 1.165) is 5.69 Å². The van der Waals surface area contributed by atoms with Gasteiger partial charge >= 0.3 is 0 Å². The molecule has 0 aliphatic rings. The van der Waals surface area contributed by atoms with Crippen molar-refractivity contribution in [1.82, 2.24) is 24.7 Å². The van der Waals surface area contributed by atoms with Gasteiger partial charge in [-0.15, -0.1) is 0 Å². The van der Waals surface area contributed by atoms with Gasteiger partial charge < -0.3 is 0 Å². The summed E-state index contributed by atoms with van der Waals surface area (Å²) in [6.45, 7) is 1.90. The molecule has 0 aromatic carbocycles. The van der Waals surface area contributed by atoms with E-state index < -0.39 is 0 Å². The van der Waals surface area contributed by atoms with Crippen LogP contribution < -0.4 is 0 Å². The average Bonchev–Trinajstić information content (AvgIpc) is 2.56. The van der Waals surface area contributed by atoms with Gasteiger partial charge in [0.2, 0.25) is 0 Å². The number of nitrogens with zero attached hydrogens (tertiary/aromatic N) is 5. The summed E-state index contributed by atoms with van der Waals surface area (Å²) in [5.41, 5.74) is 0.913. The summed E-state index contributed by atoms with van der Waals surface area (Å²) < 4.78 is 1.52. The molecule has 2 aromatic rings. The van der Waals surface area contributed by atoms with Gasteiger partial charge in [0, 0.05) is 11.9 Å². The number of rotatable bonds is 1. The Balaban J connectivity index is 2.48. The maximum absolute atomic E-state index is 4.16. The topological polar surface area (TPSA) is 56.5 Å². The molecule has 0 aliphatic heterocycles. The van der Waals surface area contributed by atoms with Crippen LogP contribution in [0.4, 0.5) is 0 Å². The van der Waals surface area contributed by atoms with Gasteiger partial charge in [-0.2, -0.15) is 9.78 Å². The Morgan fingerprint density at radius 2 is 2.33 bits per heavy atom. The van der Waals surface area contributed by atoms with Crippen LogP contribution in [-0.2, 0) is 0 Å². The molecule has 0 saturated heterocycles. The summed E-state index contributed by atoms with van der Waals surface area (Å²) in [6, 6.07) is 1.83. The Morgan fingerprint density at radius 1 is 1.42 bits per heavy atom. The number of hydrogen-bond acceptors (Lipinski definition) is 4. The molecular weight excluding hydrogens is 154 g/mol. The molecule has 5 nitrogen and oxygen atoms in total. The predicted octanol–water partition coefficient (Wildman–Crippen LogP) is 0.366. The van der Waals surface area contributed by atoms with Gasteiger partial charge in [-0.3, -0.25) is 0 Å². The van der Waals surface area contributed by atoms with Crippen LogP contribution in [0.2, 0.25) is 0 Å². The van der Waals surface area contributed by atoms with Gasteiger partial charge in [-0.1, -0.05) is 0 Å². The van der Waals surface area contributed by atoms with E-state index in [-0.39, 0.29) is 0 Å². The van der Waals surface area contributed by atoms with Gasteiger partial charge in [0.15, 0.2) is 0 Å². The van der Waals surface area contributed by atoms with Crippen molar-refractivity contribution in [2.24, 2.45) is 0 Å². The summed E-state index contributed by atoms with van der Waals surface area (Å²) in [6.07, 6.45) is 4.71. The Kier molecular flexibility index (Phi) is 1.55. The number of hydrogen-bond donors (Lipinski definition) is 0. The standard InChI is InChI=1S/C7H7N5/c1-6-2-3-9-7(11-6)12-5-8-4-10-12/h2-5H,1H3. The van der Waals surface area contributed by atoms with Crippen molar-refractivity contribution in [3.63, 3.8) is 0 Å². The Bertz CT molecular complexity index is 367. The third-order valence-corrected chi connectivity index (χ3v) is 1.41. The molecule has 0 fully saturated rings. The smallest absolute Gasteiger partial charge is 0.223 e. The van der Waals surface area contributed by atoms with Gasteiger partial charge in [-0.25, -0.2) is 15.0 Å². The highest BCUT2D eigenvalue weighted by Crippen LogP contribution is 1.96. The second-order valence-electron chi connectivity index (χ2n) is 2.34. The van der Waals surface area contributed by atoms with Gasteiger partial charge in [0.05, 0.1) is 0 Å². The molecule has 0 spiro atoms. The minimum absolute atomic E-state index is 0.549. The summed E-state index contributed by atoms with van der Waals surface area (Å²) >= 11 is 0. The molecule has 0 amide bonds. The molecule has 0 saturated carbocycles. The van der Waals surface area contributed by atoms with Crippen molar-refractivity contribution < 1.29 is 0 Å². The van der Waals surface area contributed by atoms with E-state index in [0.29, 0.717) is 5.95 Å². The first-order chi connectivity index (χ1) is 5.86. The Hall–Kier alpha value is -1.78. The fourth-order valence-electron chi connectivity index (χ4n) is 0.858. The normalized spacial score (nSPS) is 10.1. The maximum atomic E-state index is 4.16. The minimum Gasteiger partial charge on any atom is -0.223 e. The van der Waals surface area contributed by atoms with Crippen LogP contribution >= 0.6 is 0 Å². The van der Waals surface area contributed by atoms with Crippen LogP contribution in [0.1, 0.15) is 5.69 Å². The van der Waals surface area contributed by atoms with Crippen molar-refractivity contribution in [1.29, 1.82) is 0 Å². The Labute approximate surface area is 69.1 Å². The first kappa shape index (κ1) is 6.90. The molecule has 0 radical (unpaired) electrons. The molecule has 2 heterocycles. The summed E-state index contributed by atoms with van der Waals surface area (Å²) in [7, 11) is 0. The monoisotopic (exact) mass is 161 g/mol. The van der Waals surface area contributed by atoms with E-state index >= 15 is 0 Å². The van der Waals surface area contributed by atoms with E-state index in [9.17, 15) is 0 Å². The summed E-state index contributed by atoms with van der Waals surface area (Å²) in [4.78, 5) is 12.0. The van der Waals surface area contributed by atoms with Crippen LogP contribution in [-0.4, -0.2) is 24.7 Å². The van der Waals surface area contributed by atoms with E-state index in [1.165, 1.54) is 11.0 Å². The van der Waals surface area contributed by atoms with Crippen LogP contribution in [0.3, 0.4) is 0 Å². The van der Waals surface area contributed by atoms with E-state index in [4.69, 9.17) is 0 Å². The molecule has 2 aromatic heterocycles. The highest BCUT2D eigenvalue weighted by atomic mass is 15.4. The van der Waals surface area contributed by atoms with E-state index in [1.54, 1.807) is 12.5 Å². The number of aromatic nitrogens is 5. The SMILES string of the molecule is Cc1ccnc(-n2cncn2)n1. The van der Waals surface area contributed by atoms with Gasteiger partial charge in [0.1, 0.15) is 12.7 Å². The highest BCUT2D eigenvalue weighted by molar-refractivity contribution is 5.10. The van der Waals surface area contributed by atoms with Gasteiger partial charge in [0.25, 0.3) is 5.95 Å². The van der Waals surface area contributed by atoms with Crippen LogP contribution in [0.15, 0.2) is 24.9 Å². The zero-order valence-electron chi connectivity index (χ0n) is 6.55. The lowest BCUT2D eigenvalue weighted by Crippen LogP contribution is -2.01. The summed E-state index contributed by atoms with van der Waals surface area (Å²) in [5.74, 6) is 0.549. The molecule has 5 heteroatoms. The second kappa shape index (κ2) is 2.69. The second-order valence-corrected chi connectivity index (χ2v) is 2.34. The number of aryl methyl sites for hydroxylation is 1. The predicted molar refractivity (Wildman–Crippen MR) is 41.7 cm³/mol. The van der Waals surface area contributed by atoms with E-state index in [2.05, 4.69) is 20.1 Å². The van der Waals surface area contributed by atoms with Crippen LogP contribution in [0.25, 0.3) is 5.95 Å². The summed E-state index contributed by atoms with van der Waals surface area (Å²) in [5, 5.41) is 3.91. The lowest BCUT2D eigenvalue weighted by Gasteiger charge is -1.97. The lowest BCUT2D eigenvalue weighted by atomic mass is 10.5. The third-order valence-electron chi connectivity index (χ3n) is 1.41. The van der Waals surface area contributed by atoms with Crippen molar-refractivity contribution in [3.8, 4) is 5.95 Å². The van der Waals surface area contributed by atoms with E-state index in [1.807, 2.05) is 13.0 Å². The maximum Gasteiger partial charge on any atom is 0.252 e. The molecule has 0 bridgehead atoms. The van der Waals surface area contributed by atoms with Crippen molar-refractivity contribution >= 4 is 0 Å². The first-order valence-electron chi connectivity index (χ1n) is 3.51. The van der Waals surface area contributed by atoms with Crippen molar-refractivity contribution in [2.75, 3.05) is 0 Å². The zero-order valence-corrected chi connectivity index (χ0v) is 6.55. The van der Waals surface area contributed by atoms with Crippen LogP contribution in [0.5, 0.6) is 0 Å². The molecular formula is C7H7N5. The molecule has 2 rings (SSSR count). The van der Waals surface area contributed by atoms with Crippen molar-refractivity contribution in [3.05, 3.63) is 30.6 Å². The third kappa shape index (κ3) is 1.16. The van der Waals surface area contributed by atoms with Crippen LogP contribution in [0, 0.1) is 6.92 Å². The quantitative estimate of drug-likeness (QED) is 0.606. The van der Waals surface area contributed by atoms with Crippen molar-refractivity contribution in [2.45, 2.75) is 6.92 Å². The molecule has 0 N–H and O–H groups in total.